The van der Waals surface area contributed by atoms with Gasteiger partial charge in [-0.2, -0.15) is 0 Å². The number of amides is 1. The summed E-state index contributed by atoms with van der Waals surface area (Å²) in [5.41, 5.74) is 2.61. The van der Waals surface area contributed by atoms with Crippen LogP contribution in [0.25, 0.3) is 0 Å². The quantitative estimate of drug-likeness (QED) is 0.861. The standard InChI is InChI=1S/C18H28N4O2/c1-18(2,3)24-17(23)22-10-8-21(9-11-22)13-14-6-7-15(19-4)16(12-14)20-5/h6-7,12,20H,4,8-11,13H2,1-3,5H3. The Morgan fingerprint density at radius 3 is 2.50 bits per heavy atom. The number of nitrogens with zero attached hydrogens (tertiary/aromatic N) is 3. The Labute approximate surface area is 144 Å². The molecule has 0 aromatic heterocycles. The van der Waals surface area contributed by atoms with E-state index in [-0.39, 0.29) is 6.09 Å². The highest BCUT2D eigenvalue weighted by Crippen LogP contribution is 2.26. The molecule has 24 heavy (non-hydrogen) atoms. The summed E-state index contributed by atoms with van der Waals surface area (Å²) in [6.07, 6.45) is -0.221. The lowest BCUT2D eigenvalue weighted by molar-refractivity contribution is 0.0139. The third-order valence-corrected chi connectivity index (χ3v) is 3.93. The molecule has 1 fully saturated rings. The molecule has 0 spiro atoms. The van der Waals surface area contributed by atoms with Crippen LogP contribution in [0.15, 0.2) is 23.2 Å². The molecule has 1 N–H and O–H groups in total. The van der Waals surface area contributed by atoms with Gasteiger partial charge in [0, 0.05) is 39.8 Å². The number of anilines is 1. The predicted molar refractivity (Wildman–Crippen MR) is 98.3 cm³/mol. The molecule has 0 saturated carbocycles. The average molecular weight is 332 g/mol. The van der Waals surface area contributed by atoms with Crippen molar-refractivity contribution in [3.05, 3.63) is 23.8 Å². The molecule has 1 saturated heterocycles. The molecule has 1 amide bonds. The van der Waals surface area contributed by atoms with Gasteiger partial charge in [0.15, 0.2) is 0 Å². The molecule has 1 heterocycles. The number of benzene rings is 1. The van der Waals surface area contributed by atoms with Crippen LogP contribution in [0.5, 0.6) is 0 Å². The number of rotatable bonds is 4. The van der Waals surface area contributed by atoms with Gasteiger partial charge in [0.05, 0.1) is 11.4 Å². The SMILES string of the molecule is C=Nc1ccc(CN2CCN(C(=O)OC(C)(C)C)CC2)cc1NC. The smallest absolute Gasteiger partial charge is 0.410 e. The maximum Gasteiger partial charge on any atom is 0.410 e. The average Bonchev–Trinajstić information content (AvgIpc) is 2.53. The lowest BCUT2D eigenvalue weighted by Gasteiger charge is -2.35. The Bertz CT molecular complexity index is 587. The molecule has 0 bridgehead atoms. The Balaban J connectivity index is 1.89. The van der Waals surface area contributed by atoms with Crippen LogP contribution < -0.4 is 5.32 Å². The number of aliphatic imine (C=N–C) groups is 1. The van der Waals surface area contributed by atoms with E-state index in [0.717, 1.165) is 31.0 Å². The highest BCUT2D eigenvalue weighted by Gasteiger charge is 2.25. The summed E-state index contributed by atoms with van der Waals surface area (Å²) in [5, 5.41) is 3.15. The van der Waals surface area contributed by atoms with Crippen molar-refractivity contribution in [2.45, 2.75) is 32.9 Å². The largest absolute Gasteiger partial charge is 0.444 e. The molecule has 6 nitrogen and oxygen atoms in total. The Morgan fingerprint density at radius 2 is 1.96 bits per heavy atom. The first kappa shape index (κ1) is 18.3. The lowest BCUT2D eigenvalue weighted by atomic mass is 10.1. The lowest BCUT2D eigenvalue weighted by Crippen LogP contribution is -2.49. The molecule has 132 valence electrons. The van der Waals surface area contributed by atoms with E-state index in [1.54, 1.807) is 4.90 Å². The van der Waals surface area contributed by atoms with Crippen molar-refractivity contribution in [2.75, 3.05) is 38.5 Å². The fourth-order valence-electron chi connectivity index (χ4n) is 2.69. The van der Waals surface area contributed by atoms with E-state index in [1.165, 1.54) is 5.56 Å². The molecule has 1 aromatic rings. The minimum Gasteiger partial charge on any atom is -0.444 e. The van der Waals surface area contributed by atoms with Crippen molar-refractivity contribution < 1.29 is 9.53 Å². The third kappa shape index (κ3) is 4.96. The number of carbonyl (C=O) groups excluding carboxylic acids is 1. The van der Waals surface area contributed by atoms with Crippen molar-refractivity contribution in [1.82, 2.24) is 9.80 Å². The molecule has 1 aliphatic heterocycles. The summed E-state index contributed by atoms with van der Waals surface area (Å²) in [7, 11) is 1.88. The number of hydrogen-bond acceptors (Lipinski definition) is 5. The fraction of sp³-hybridized carbons (Fsp3) is 0.556. The molecular formula is C18H28N4O2. The molecule has 0 aliphatic carbocycles. The second kappa shape index (κ2) is 7.66. The minimum atomic E-state index is -0.446. The second-order valence-electron chi connectivity index (χ2n) is 7.00. The zero-order valence-electron chi connectivity index (χ0n) is 15.1. The van der Waals surface area contributed by atoms with Crippen LogP contribution in [0, 0.1) is 0 Å². The van der Waals surface area contributed by atoms with Gasteiger partial charge in [-0.1, -0.05) is 6.07 Å². The summed E-state index contributed by atoms with van der Waals surface area (Å²) in [5.74, 6) is 0. The van der Waals surface area contributed by atoms with Gasteiger partial charge in [-0.05, 0) is 45.2 Å². The normalized spacial score (nSPS) is 15.9. The minimum absolute atomic E-state index is 0.221. The Kier molecular flexibility index (Phi) is 5.83. The topological polar surface area (TPSA) is 57.2 Å². The van der Waals surface area contributed by atoms with Gasteiger partial charge >= 0.3 is 6.09 Å². The first-order valence-corrected chi connectivity index (χ1v) is 8.30. The first-order chi connectivity index (χ1) is 11.3. The summed E-state index contributed by atoms with van der Waals surface area (Å²) in [6, 6.07) is 6.15. The zero-order chi connectivity index (χ0) is 17.7. The Hall–Kier alpha value is -2.08. The van der Waals surface area contributed by atoms with Crippen LogP contribution in [0.4, 0.5) is 16.2 Å². The molecular weight excluding hydrogens is 304 g/mol. The molecule has 0 unspecified atom stereocenters. The molecule has 0 atom stereocenters. The number of piperazine rings is 1. The summed E-state index contributed by atoms with van der Waals surface area (Å²) in [6.45, 7) is 13.2. The predicted octanol–water partition coefficient (Wildman–Crippen LogP) is 3.11. The zero-order valence-corrected chi connectivity index (χ0v) is 15.1. The van der Waals surface area contributed by atoms with Crippen molar-refractivity contribution in [1.29, 1.82) is 0 Å². The summed E-state index contributed by atoms with van der Waals surface area (Å²) >= 11 is 0. The van der Waals surface area contributed by atoms with Crippen molar-refractivity contribution >= 4 is 24.2 Å². The number of ether oxygens (including phenoxy) is 1. The number of carbonyl (C=O) groups is 1. The van der Waals surface area contributed by atoms with Crippen molar-refractivity contribution in [3.8, 4) is 0 Å². The van der Waals surface area contributed by atoms with Gasteiger partial charge < -0.3 is 15.0 Å². The van der Waals surface area contributed by atoms with Gasteiger partial charge in [-0.15, -0.1) is 0 Å². The van der Waals surface area contributed by atoms with Gasteiger partial charge in [0.1, 0.15) is 5.60 Å². The van der Waals surface area contributed by atoms with Crippen LogP contribution in [-0.2, 0) is 11.3 Å². The van der Waals surface area contributed by atoms with Crippen LogP contribution in [0.2, 0.25) is 0 Å². The van der Waals surface area contributed by atoms with E-state index in [4.69, 9.17) is 4.74 Å². The van der Waals surface area contributed by atoms with Gasteiger partial charge in [-0.3, -0.25) is 9.89 Å². The van der Waals surface area contributed by atoms with Crippen LogP contribution in [-0.4, -0.2) is 61.4 Å². The van der Waals surface area contributed by atoms with E-state index in [0.29, 0.717) is 13.1 Å². The van der Waals surface area contributed by atoms with Crippen molar-refractivity contribution in [3.63, 3.8) is 0 Å². The van der Waals surface area contributed by atoms with E-state index in [9.17, 15) is 4.79 Å². The van der Waals surface area contributed by atoms with Crippen LogP contribution >= 0.6 is 0 Å². The number of hydrogen-bond donors (Lipinski definition) is 1. The van der Waals surface area contributed by atoms with Crippen LogP contribution in [0.3, 0.4) is 0 Å². The molecule has 0 radical (unpaired) electrons. The maximum absolute atomic E-state index is 12.1. The van der Waals surface area contributed by atoms with E-state index in [2.05, 4.69) is 34.1 Å². The van der Waals surface area contributed by atoms with E-state index in [1.807, 2.05) is 33.9 Å². The Morgan fingerprint density at radius 1 is 1.29 bits per heavy atom. The van der Waals surface area contributed by atoms with Gasteiger partial charge in [-0.25, -0.2) is 4.79 Å². The molecule has 1 aliphatic rings. The summed E-state index contributed by atoms with van der Waals surface area (Å²) in [4.78, 5) is 20.2. The highest BCUT2D eigenvalue weighted by atomic mass is 16.6. The van der Waals surface area contributed by atoms with Crippen LogP contribution in [0.1, 0.15) is 26.3 Å². The van der Waals surface area contributed by atoms with Crippen molar-refractivity contribution in [2.24, 2.45) is 4.99 Å². The fourth-order valence-corrected chi connectivity index (χ4v) is 2.69. The molecule has 1 aromatic carbocycles. The second-order valence-corrected chi connectivity index (χ2v) is 7.00. The summed E-state index contributed by atoms with van der Waals surface area (Å²) < 4.78 is 5.43. The monoisotopic (exact) mass is 332 g/mol. The highest BCUT2D eigenvalue weighted by molar-refractivity contribution is 5.69. The maximum atomic E-state index is 12.1. The molecule has 2 rings (SSSR count). The third-order valence-electron chi connectivity index (χ3n) is 3.93. The van der Waals surface area contributed by atoms with Gasteiger partial charge in [0.25, 0.3) is 0 Å². The van der Waals surface area contributed by atoms with E-state index >= 15 is 0 Å². The van der Waals surface area contributed by atoms with Gasteiger partial charge in [0.2, 0.25) is 0 Å². The molecule has 6 heteroatoms. The number of nitrogens with one attached hydrogen (secondary N) is 1. The van der Waals surface area contributed by atoms with E-state index < -0.39 is 5.60 Å². The first-order valence-electron chi connectivity index (χ1n) is 8.30.